The Morgan fingerprint density at radius 2 is 1.58 bits per heavy atom. The Balaban J connectivity index is 2.01. The second kappa shape index (κ2) is 4.72. The van der Waals surface area contributed by atoms with E-state index in [-0.39, 0.29) is 11.6 Å². The zero-order valence-corrected chi connectivity index (χ0v) is 10.6. The smallest absolute Gasteiger partial charge is 0.123 e. The number of hydrogen-bond donors (Lipinski definition) is 1. The number of benzene rings is 2. The molecule has 4 heteroatoms. The van der Waals surface area contributed by atoms with Gasteiger partial charge in [0.15, 0.2) is 0 Å². The molecule has 1 nitrogen and oxygen atoms in total. The van der Waals surface area contributed by atoms with Crippen molar-refractivity contribution < 1.29 is 13.9 Å². The fourth-order valence-electron chi connectivity index (χ4n) is 1.98. The maximum Gasteiger partial charge on any atom is 0.123 e. The zero-order chi connectivity index (χ0) is 13.4. The van der Waals surface area contributed by atoms with Crippen molar-refractivity contribution in [2.75, 3.05) is 0 Å². The summed E-state index contributed by atoms with van der Waals surface area (Å²) in [6.07, 6.45) is -0.818. The number of fused-ring (bicyclic) bond motifs is 1. The first-order valence-corrected chi connectivity index (χ1v) is 6.58. The van der Waals surface area contributed by atoms with Crippen LogP contribution in [0.1, 0.15) is 16.5 Å². The molecule has 0 bridgehead atoms. The van der Waals surface area contributed by atoms with Gasteiger partial charge in [-0.2, -0.15) is 0 Å². The van der Waals surface area contributed by atoms with Crippen LogP contribution in [0, 0.1) is 11.6 Å². The quantitative estimate of drug-likeness (QED) is 0.741. The molecule has 3 aromatic rings. The van der Waals surface area contributed by atoms with Gasteiger partial charge in [-0.25, -0.2) is 8.78 Å². The molecule has 0 aliphatic carbocycles. The SMILES string of the molecule is OC(c1ccc(F)cc1)c1cc2cc(F)ccc2s1. The molecule has 0 fully saturated rings. The Morgan fingerprint density at radius 1 is 0.895 bits per heavy atom. The Bertz CT molecular complexity index is 719. The van der Waals surface area contributed by atoms with Gasteiger partial charge in [-0.1, -0.05) is 12.1 Å². The predicted octanol–water partition coefficient (Wildman–Crippen LogP) is 4.26. The first kappa shape index (κ1) is 12.3. The molecule has 2 aromatic carbocycles. The largest absolute Gasteiger partial charge is 0.383 e. The van der Waals surface area contributed by atoms with E-state index >= 15 is 0 Å². The third-order valence-corrected chi connectivity index (χ3v) is 4.12. The summed E-state index contributed by atoms with van der Waals surface area (Å²) in [6.45, 7) is 0. The normalized spacial score (nSPS) is 12.8. The lowest BCUT2D eigenvalue weighted by atomic mass is 10.1. The highest BCUT2D eigenvalue weighted by Crippen LogP contribution is 2.33. The van der Waals surface area contributed by atoms with Gasteiger partial charge >= 0.3 is 0 Å². The summed E-state index contributed by atoms with van der Waals surface area (Å²) in [4.78, 5) is 0.715. The number of rotatable bonds is 2. The van der Waals surface area contributed by atoms with E-state index in [1.807, 2.05) is 0 Å². The molecule has 19 heavy (non-hydrogen) atoms. The molecule has 1 N–H and O–H groups in total. The summed E-state index contributed by atoms with van der Waals surface area (Å²) < 4.78 is 26.9. The average molecular weight is 276 g/mol. The van der Waals surface area contributed by atoms with E-state index in [1.54, 1.807) is 24.3 Å². The van der Waals surface area contributed by atoms with Gasteiger partial charge in [-0.05, 0) is 47.3 Å². The molecule has 0 radical (unpaired) electrons. The first-order chi connectivity index (χ1) is 9.13. The van der Waals surface area contributed by atoms with Gasteiger partial charge in [-0.3, -0.25) is 0 Å². The molecule has 3 rings (SSSR count). The summed E-state index contributed by atoms with van der Waals surface area (Å²) in [5.41, 5.74) is 0.619. The predicted molar refractivity (Wildman–Crippen MR) is 72.2 cm³/mol. The van der Waals surface area contributed by atoms with Gasteiger partial charge < -0.3 is 5.11 Å². The van der Waals surface area contributed by atoms with Gasteiger partial charge in [0.25, 0.3) is 0 Å². The second-order valence-corrected chi connectivity index (χ2v) is 5.40. The third kappa shape index (κ3) is 2.37. The van der Waals surface area contributed by atoms with Gasteiger partial charge in [0.1, 0.15) is 17.7 Å². The molecule has 96 valence electrons. The Hall–Kier alpha value is -1.78. The van der Waals surface area contributed by atoms with Crippen LogP contribution in [-0.2, 0) is 0 Å². The molecule has 0 saturated heterocycles. The maximum atomic E-state index is 13.1. The minimum Gasteiger partial charge on any atom is -0.383 e. The number of halogens is 2. The minimum atomic E-state index is -0.818. The van der Waals surface area contributed by atoms with Crippen LogP contribution in [0.25, 0.3) is 10.1 Å². The van der Waals surface area contributed by atoms with Gasteiger partial charge in [0.05, 0.1) is 0 Å². The summed E-state index contributed by atoms with van der Waals surface area (Å²) in [5, 5.41) is 11.0. The molecule has 0 amide bonds. The molecule has 1 aromatic heterocycles. The minimum absolute atomic E-state index is 0.298. The number of thiophene rings is 1. The van der Waals surface area contributed by atoms with Crippen LogP contribution in [0.15, 0.2) is 48.5 Å². The van der Waals surface area contributed by atoms with E-state index in [9.17, 15) is 13.9 Å². The average Bonchev–Trinajstić information content (AvgIpc) is 2.81. The number of aliphatic hydroxyl groups excluding tert-OH is 1. The zero-order valence-electron chi connectivity index (χ0n) is 9.81. The van der Waals surface area contributed by atoms with Crippen LogP contribution in [0.5, 0.6) is 0 Å². The van der Waals surface area contributed by atoms with Crippen LogP contribution in [0.2, 0.25) is 0 Å². The fourth-order valence-corrected chi connectivity index (χ4v) is 3.04. The maximum absolute atomic E-state index is 13.1. The topological polar surface area (TPSA) is 20.2 Å². The van der Waals surface area contributed by atoms with E-state index < -0.39 is 6.10 Å². The van der Waals surface area contributed by atoms with Crippen LogP contribution in [-0.4, -0.2) is 5.11 Å². The molecule has 0 saturated carbocycles. The Labute approximate surface area is 112 Å². The van der Waals surface area contributed by atoms with Crippen molar-refractivity contribution in [1.29, 1.82) is 0 Å². The van der Waals surface area contributed by atoms with Crippen LogP contribution in [0.3, 0.4) is 0 Å². The van der Waals surface area contributed by atoms with Gasteiger partial charge in [-0.15, -0.1) is 11.3 Å². The third-order valence-electron chi connectivity index (χ3n) is 2.95. The van der Waals surface area contributed by atoms with Crippen molar-refractivity contribution in [2.24, 2.45) is 0 Å². The van der Waals surface area contributed by atoms with Crippen molar-refractivity contribution in [3.63, 3.8) is 0 Å². The molecule has 1 heterocycles. The van der Waals surface area contributed by atoms with Crippen molar-refractivity contribution >= 4 is 21.4 Å². The van der Waals surface area contributed by atoms with E-state index in [4.69, 9.17) is 0 Å². The highest BCUT2D eigenvalue weighted by atomic mass is 32.1. The van der Waals surface area contributed by atoms with Gasteiger partial charge in [0, 0.05) is 9.58 Å². The molecule has 1 atom stereocenters. The standard InChI is InChI=1S/C15H10F2OS/c16-11-3-1-9(2-4-11)15(18)14-8-10-7-12(17)5-6-13(10)19-14/h1-8,15,18H. The van der Waals surface area contributed by atoms with Gasteiger partial charge in [0.2, 0.25) is 0 Å². The summed E-state index contributed by atoms with van der Waals surface area (Å²) in [6, 6.07) is 12.0. The molecule has 0 spiro atoms. The fraction of sp³-hybridized carbons (Fsp3) is 0.0667. The number of aliphatic hydroxyl groups is 1. The molecule has 0 aliphatic heterocycles. The molecule has 1 unspecified atom stereocenters. The summed E-state index contributed by atoms with van der Waals surface area (Å²) in [7, 11) is 0. The van der Waals surface area contributed by atoms with Crippen molar-refractivity contribution in [3.8, 4) is 0 Å². The highest BCUT2D eigenvalue weighted by molar-refractivity contribution is 7.19. The van der Waals surface area contributed by atoms with Crippen molar-refractivity contribution in [3.05, 3.63) is 70.6 Å². The second-order valence-electron chi connectivity index (χ2n) is 4.29. The molecular weight excluding hydrogens is 266 g/mol. The van der Waals surface area contributed by atoms with Crippen molar-refractivity contribution in [1.82, 2.24) is 0 Å². The van der Waals surface area contributed by atoms with Crippen molar-refractivity contribution in [2.45, 2.75) is 6.10 Å². The Morgan fingerprint density at radius 3 is 2.32 bits per heavy atom. The van der Waals surface area contributed by atoms with Crippen LogP contribution >= 0.6 is 11.3 Å². The van der Waals surface area contributed by atoms with Crippen LogP contribution < -0.4 is 0 Å². The van der Waals surface area contributed by atoms with E-state index in [0.717, 1.165) is 10.1 Å². The highest BCUT2D eigenvalue weighted by Gasteiger charge is 2.14. The summed E-state index contributed by atoms with van der Waals surface area (Å²) >= 11 is 1.40. The van der Waals surface area contributed by atoms with Crippen LogP contribution in [0.4, 0.5) is 8.78 Å². The monoisotopic (exact) mass is 276 g/mol. The molecular formula is C15H10F2OS. The van der Waals surface area contributed by atoms with E-state index in [0.29, 0.717) is 10.4 Å². The lowest BCUT2D eigenvalue weighted by Crippen LogP contribution is -1.96. The lowest BCUT2D eigenvalue weighted by molar-refractivity contribution is 0.224. The first-order valence-electron chi connectivity index (χ1n) is 5.76. The number of hydrogen-bond acceptors (Lipinski definition) is 2. The lowest BCUT2D eigenvalue weighted by Gasteiger charge is -2.08. The van der Waals surface area contributed by atoms with E-state index in [1.165, 1.54) is 35.6 Å². The molecule has 0 aliphatic rings. The Kier molecular flexibility index (Phi) is 3.05. The van der Waals surface area contributed by atoms with E-state index in [2.05, 4.69) is 0 Å². The summed E-state index contributed by atoms with van der Waals surface area (Å²) in [5.74, 6) is -0.637.